The van der Waals surface area contributed by atoms with Crippen molar-refractivity contribution in [3.8, 4) is 0 Å². The average Bonchev–Trinajstić information content (AvgIpc) is 3.08. The van der Waals surface area contributed by atoms with Gasteiger partial charge in [0.2, 0.25) is 5.91 Å². The minimum Gasteiger partial charge on any atom is -0.357 e. The predicted molar refractivity (Wildman–Crippen MR) is 105 cm³/mol. The summed E-state index contributed by atoms with van der Waals surface area (Å²) in [4.78, 5) is 18.4. The number of guanidine groups is 1. The summed E-state index contributed by atoms with van der Waals surface area (Å²) in [6.45, 7) is 5.54. The summed E-state index contributed by atoms with van der Waals surface area (Å²) in [6.07, 6.45) is 2.70. The third kappa shape index (κ3) is 7.02. The molecule has 0 aromatic heterocycles. The molecule has 0 aliphatic carbocycles. The van der Waals surface area contributed by atoms with Gasteiger partial charge < -0.3 is 15.5 Å². The Morgan fingerprint density at radius 2 is 1.88 bits per heavy atom. The highest BCUT2D eigenvalue weighted by atomic mass is 127. The van der Waals surface area contributed by atoms with Crippen LogP contribution in [0.2, 0.25) is 0 Å². The number of carbonyl (C=O) groups is 1. The van der Waals surface area contributed by atoms with Gasteiger partial charge in [-0.3, -0.25) is 4.79 Å². The molecule has 5 nitrogen and oxygen atoms in total. The molecule has 2 N–H and O–H groups in total. The van der Waals surface area contributed by atoms with Crippen molar-refractivity contribution in [1.82, 2.24) is 15.5 Å². The van der Waals surface area contributed by atoms with Gasteiger partial charge >= 0.3 is 0 Å². The minimum atomic E-state index is -0.247. The number of carbonyl (C=O) groups excluding carboxylic acids is 1. The monoisotopic (exact) mass is 448 g/mol. The van der Waals surface area contributed by atoms with Crippen molar-refractivity contribution < 1.29 is 9.18 Å². The number of nitrogens with zero attached hydrogens (tertiary/aromatic N) is 2. The number of rotatable bonds is 6. The molecule has 1 aromatic carbocycles. The number of likely N-dealkylation sites (tertiary alicyclic amines) is 1. The second-order valence-electron chi connectivity index (χ2n) is 5.59. The Labute approximate surface area is 160 Å². The molecule has 0 spiro atoms. The van der Waals surface area contributed by atoms with Gasteiger partial charge in [0, 0.05) is 32.6 Å². The number of hydrogen-bond donors (Lipinski definition) is 2. The van der Waals surface area contributed by atoms with E-state index in [4.69, 9.17) is 0 Å². The fourth-order valence-electron chi connectivity index (χ4n) is 2.51. The van der Waals surface area contributed by atoms with E-state index in [9.17, 15) is 9.18 Å². The molecule has 0 atom stereocenters. The lowest BCUT2D eigenvalue weighted by molar-refractivity contribution is -0.129. The van der Waals surface area contributed by atoms with E-state index in [1.54, 1.807) is 12.1 Å². The standard InChI is InChI=1S/C17H25FN4O.HI/c1-2-19-17(21-13-14-5-7-15(18)8-6-14)20-10-9-16(23)22-11-3-4-12-22;/h5-8H,2-4,9-13H2,1H3,(H2,19,20,21);1H. The van der Waals surface area contributed by atoms with Crippen molar-refractivity contribution >= 4 is 35.8 Å². The lowest BCUT2D eigenvalue weighted by atomic mass is 10.2. The van der Waals surface area contributed by atoms with Gasteiger partial charge in [-0.05, 0) is 37.5 Å². The van der Waals surface area contributed by atoms with Gasteiger partial charge in [-0.1, -0.05) is 12.1 Å². The largest absolute Gasteiger partial charge is 0.357 e. The minimum absolute atomic E-state index is 0. The van der Waals surface area contributed by atoms with Gasteiger partial charge in [0.05, 0.1) is 6.54 Å². The highest BCUT2D eigenvalue weighted by molar-refractivity contribution is 14.0. The Kier molecular flexibility index (Phi) is 9.66. The van der Waals surface area contributed by atoms with Crippen LogP contribution in [0, 0.1) is 5.82 Å². The maximum Gasteiger partial charge on any atom is 0.224 e. The molecule has 1 aliphatic rings. The van der Waals surface area contributed by atoms with E-state index in [-0.39, 0.29) is 35.7 Å². The predicted octanol–water partition coefficient (Wildman–Crippen LogP) is 2.51. The smallest absolute Gasteiger partial charge is 0.224 e. The van der Waals surface area contributed by atoms with Crippen molar-refractivity contribution in [2.75, 3.05) is 26.2 Å². The molecule has 0 saturated carbocycles. The Morgan fingerprint density at radius 1 is 1.21 bits per heavy atom. The molecule has 1 aliphatic heterocycles. The molecule has 1 heterocycles. The summed E-state index contributed by atoms with van der Waals surface area (Å²) >= 11 is 0. The van der Waals surface area contributed by atoms with Gasteiger partial charge in [0.1, 0.15) is 5.82 Å². The van der Waals surface area contributed by atoms with Crippen LogP contribution >= 0.6 is 24.0 Å². The van der Waals surface area contributed by atoms with Crippen LogP contribution in [0.25, 0.3) is 0 Å². The van der Waals surface area contributed by atoms with Crippen LogP contribution in [0.3, 0.4) is 0 Å². The van der Waals surface area contributed by atoms with Crippen molar-refractivity contribution in [3.05, 3.63) is 35.6 Å². The van der Waals surface area contributed by atoms with E-state index >= 15 is 0 Å². The van der Waals surface area contributed by atoms with Gasteiger partial charge in [0.15, 0.2) is 5.96 Å². The summed E-state index contributed by atoms with van der Waals surface area (Å²) in [5, 5.41) is 6.32. The summed E-state index contributed by atoms with van der Waals surface area (Å²) in [6, 6.07) is 6.30. The van der Waals surface area contributed by atoms with E-state index in [0.717, 1.165) is 38.0 Å². The maximum absolute atomic E-state index is 12.9. The fraction of sp³-hybridized carbons (Fsp3) is 0.529. The molecule has 1 saturated heterocycles. The summed E-state index contributed by atoms with van der Waals surface area (Å²) in [5.41, 5.74) is 0.941. The zero-order chi connectivity index (χ0) is 16.5. The first-order valence-electron chi connectivity index (χ1n) is 8.23. The van der Waals surface area contributed by atoms with Gasteiger partial charge in [0.25, 0.3) is 0 Å². The quantitative estimate of drug-likeness (QED) is 0.400. The number of nitrogens with one attached hydrogen (secondary N) is 2. The van der Waals surface area contributed by atoms with Gasteiger partial charge in [-0.15, -0.1) is 24.0 Å². The molecular weight excluding hydrogens is 422 g/mol. The van der Waals surface area contributed by atoms with Crippen LogP contribution in [-0.4, -0.2) is 42.9 Å². The summed E-state index contributed by atoms with van der Waals surface area (Å²) in [5.74, 6) is 0.624. The van der Waals surface area contributed by atoms with Crippen LogP contribution in [0.15, 0.2) is 29.3 Å². The molecule has 0 bridgehead atoms. The molecule has 0 radical (unpaired) electrons. The van der Waals surface area contributed by atoms with Crippen LogP contribution in [0.5, 0.6) is 0 Å². The third-order valence-electron chi connectivity index (χ3n) is 3.77. The van der Waals surface area contributed by atoms with Crippen LogP contribution < -0.4 is 10.6 Å². The number of aliphatic imine (C=N–C) groups is 1. The van der Waals surface area contributed by atoms with Crippen LogP contribution in [-0.2, 0) is 11.3 Å². The van der Waals surface area contributed by atoms with E-state index in [1.165, 1.54) is 12.1 Å². The molecule has 7 heteroatoms. The molecule has 134 valence electrons. The summed E-state index contributed by atoms with van der Waals surface area (Å²) < 4.78 is 12.9. The Morgan fingerprint density at radius 3 is 2.50 bits per heavy atom. The topological polar surface area (TPSA) is 56.7 Å². The highest BCUT2D eigenvalue weighted by Crippen LogP contribution is 2.08. The molecule has 1 aromatic rings. The van der Waals surface area contributed by atoms with Crippen molar-refractivity contribution in [1.29, 1.82) is 0 Å². The van der Waals surface area contributed by atoms with Crippen molar-refractivity contribution in [3.63, 3.8) is 0 Å². The van der Waals surface area contributed by atoms with Crippen LogP contribution in [0.4, 0.5) is 4.39 Å². The first-order chi connectivity index (χ1) is 11.2. The zero-order valence-electron chi connectivity index (χ0n) is 14.1. The first kappa shape index (κ1) is 20.7. The third-order valence-corrected chi connectivity index (χ3v) is 3.77. The number of halogens is 2. The lowest BCUT2D eigenvalue weighted by Gasteiger charge is -2.16. The van der Waals surface area contributed by atoms with Gasteiger partial charge in [-0.25, -0.2) is 9.38 Å². The molecule has 2 rings (SSSR count). The van der Waals surface area contributed by atoms with Crippen molar-refractivity contribution in [2.24, 2.45) is 4.99 Å². The number of amides is 1. The normalized spacial score (nSPS) is 14.2. The number of hydrogen-bond acceptors (Lipinski definition) is 2. The Balaban J connectivity index is 0.00000288. The lowest BCUT2D eigenvalue weighted by Crippen LogP contribution is -2.39. The van der Waals surface area contributed by atoms with E-state index in [2.05, 4.69) is 15.6 Å². The average molecular weight is 448 g/mol. The van der Waals surface area contributed by atoms with E-state index < -0.39 is 0 Å². The van der Waals surface area contributed by atoms with E-state index in [0.29, 0.717) is 25.5 Å². The molecule has 0 unspecified atom stereocenters. The molecule has 1 fully saturated rings. The highest BCUT2D eigenvalue weighted by Gasteiger charge is 2.17. The van der Waals surface area contributed by atoms with Crippen LogP contribution in [0.1, 0.15) is 31.7 Å². The summed E-state index contributed by atoms with van der Waals surface area (Å²) in [7, 11) is 0. The SMILES string of the molecule is CCNC(=NCc1ccc(F)cc1)NCCC(=O)N1CCCC1.I. The second kappa shape index (κ2) is 11.2. The fourth-order valence-corrected chi connectivity index (χ4v) is 2.51. The maximum atomic E-state index is 12.9. The molecular formula is C17H26FIN4O. The molecule has 24 heavy (non-hydrogen) atoms. The number of benzene rings is 1. The van der Waals surface area contributed by atoms with Gasteiger partial charge in [-0.2, -0.15) is 0 Å². The Bertz CT molecular complexity index is 530. The second-order valence-corrected chi connectivity index (χ2v) is 5.59. The zero-order valence-corrected chi connectivity index (χ0v) is 16.4. The van der Waals surface area contributed by atoms with E-state index in [1.807, 2.05) is 11.8 Å². The molecule has 1 amide bonds. The first-order valence-corrected chi connectivity index (χ1v) is 8.23. The Hall–Kier alpha value is -1.38. The van der Waals surface area contributed by atoms with Crippen molar-refractivity contribution in [2.45, 2.75) is 32.7 Å².